The second kappa shape index (κ2) is 3.92. The first kappa shape index (κ1) is 9.90. The van der Waals surface area contributed by atoms with Crippen molar-refractivity contribution in [3.63, 3.8) is 0 Å². The molecule has 0 saturated heterocycles. The van der Waals surface area contributed by atoms with Crippen LogP contribution in [0.2, 0.25) is 26.2 Å². The summed E-state index contributed by atoms with van der Waals surface area (Å²) in [6.07, 6.45) is 0. The zero-order valence-corrected chi connectivity index (χ0v) is 11.3. The molecule has 0 aromatic rings. The smallest absolute Gasteiger partial charge is 0.184 e. The van der Waals surface area contributed by atoms with Crippen molar-refractivity contribution in [1.29, 1.82) is 0 Å². The van der Waals surface area contributed by atoms with Crippen LogP contribution in [-0.2, 0) is 0 Å². The van der Waals surface area contributed by atoms with Crippen molar-refractivity contribution >= 4 is 38.0 Å². The molecular weight excluding hydrogens is 182 g/mol. The Morgan fingerprint density at radius 2 is 1.78 bits per heavy atom. The van der Waals surface area contributed by atoms with Crippen molar-refractivity contribution in [1.82, 2.24) is 3.90 Å². The van der Waals surface area contributed by atoms with Crippen LogP contribution in [-0.4, -0.2) is 30.8 Å². The molecule has 0 aliphatic rings. The summed E-state index contributed by atoms with van der Waals surface area (Å²) in [5.41, 5.74) is 0. The van der Waals surface area contributed by atoms with Gasteiger partial charge in [-0.2, -0.15) is 11.1 Å². The Morgan fingerprint density at radius 3 is 1.78 bits per heavy atom. The van der Waals surface area contributed by atoms with Crippen LogP contribution in [0.15, 0.2) is 0 Å². The first-order valence-corrected chi connectivity index (χ1v) is 11.6. The standard InChI is InChI=1S/C4H16ClNSi3/c1-7-6(8-5)9(2,3)4/h7-8H2,1-4H3. The van der Waals surface area contributed by atoms with Gasteiger partial charge in [-0.25, -0.2) is 0 Å². The van der Waals surface area contributed by atoms with Crippen LogP contribution in [0.25, 0.3) is 0 Å². The van der Waals surface area contributed by atoms with E-state index in [0.717, 1.165) is 0 Å². The van der Waals surface area contributed by atoms with Crippen molar-refractivity contribution in [3.8, 4) is 0 Å². The van der Waals surface area contributed by atoms with Gasteiger partial charge in [0.2, 0.25) is 0 Å². The number of nitrogens with zero attached hydrogens (tertiary/aromatic N) is 1. The fourth-order valence-corrected chi connectivity index (χ4v) is 11.4. The summed E-state index contributed by atoms with van der Waals surface area (Å²) in [6, 6.07) is 0. The maximum Gasteiger partial charge on any atom is 0.184 e. The number of hydrogen-bond acceptors (Lipinski definition) is 1. The molecule has 0 atom stereocenters. The summed E-state index contributed by atoms with van der Waals surface area (Å²) in [4.78, 5) is 0. The topological polar surface area (TPSA) is 3.24 Å². The first-order valence-electron chi connectivity index (χ1n) is 3.33. The maximum atomic E-state index is 5.89. The van der Waals surface area contributed by atoms with E-state index >= 15 is 0 Å². The SMILES string of the molecule is C[SiH2]N([SiH2]Cl)[Si](C)(C)C. The van der Waals surface area contributed by atoms with E-state index in [1.54, 1.807) is 0 Å². The molecular formula is C4H16ClNSi3. The quantitative estimate of drug-likeness (QED) is 0.471. The fourth-order valence-electron chi connectivity index (χ4n) is 0.738. The van der Waals surface area contributed by atoms with Crippen LogP contribution in [0, 0.1) is 0 Å². The highest BCUT2D eigenvalue weighted by molar-refractivity contribution is 7.02. The van der Waals surface area contributed by atoms with E-state index in [-0.39, 0.29) is 18.7 Å². The average molecular weight is 198 g/mol. The molecule has 0 N–H and O–H groups in total. The third kappa shape index (κ3) is 3.57. The Balaban J connectivity index is 3.79. The normalized spacial score (nSPS) is 15.3. The lowest BCUT2D eigenvalue weighted by Gasteiger charge is -2.30. The Morgan fingerprint density at radius 1 is 1.33 bits per heavy atom. The summed E-state index contributed by atoms with van der Waals surface area (Å²) < 4.78 is 2.62. The van der Waals surface area contributed by atoms with Crippen LogP contribution >= 0.6 is 11.1 Å². The Labute approximate surface area is 68.4 Å². The summed E-state index contributed by atoms with van der Waals surface area (Å²) in [5.74, 6) is 0. The van der Waals surface area contributed by atoms with Gasteiger partial charge in [-0.15, -0.1) is 0 Å². The minimum Gasteiger partial charge on any atom is -0.366 e. The van der Waals surface area contributed by atoms with Gasteiger partial charge in [0.1, 0.15) is 8.24 Å². The van der Waals surface area contributed by atoms with Gasteiger partial charge in [-0.1, -0.05) is 26.2 Å². The predicted octanol–water partition coefficient (Wildman–Crippen LogP) is 0.493. The molecule has 5 heteroatoms. The Hall–Kier alpha value is 0.901. The number of hydrogen-bond donors (Lipinski definition) is 0. The van der Waals surface area contributed by atoms with E-state index in [9.17, 15) is 0 Å². The van der Waals surface area contributed by atoms with Gasteiger partial charge in [0.15, 0.2) is 8.99 Å². The lowest BCUT2D eigenvalue weighted by Crippen LogP contribution is -2.48. The first-order chi connectivity index (χ1) is 4.02. The molecule has 0 rings (SSSR count). The van der Waals surface area contributed by atoms with Gasteiger partial charge in [0, 0.05) is 0 Å². The van der Waals surface area contributed by atoms with E-state index < -0.39 is 8.24 Å². The largest absolute Gasteiger partial charge is 0.366 e. The molecule has 0 radical (unpaired) electrons. The molecule has 0 spiro atoms. The van der Waals surface area contributed by atoms with Crippen molar-refractivity contribution < 1.29 is 0 Å². The van der Waals surface area contributed by atoms with E-state index in [4.69, 9.17) is 11.1 Å². The Kier molecular flexibility index (Phi) is 4.32. The minimum atomic E-state index is -0.962. The van der Waals surface area contributed by atoms with Gasteiger partial charge < -0.3 is 3.90 Å². The van der Waals surface area contributed by atoms with Crippen molar-refractivity contribution in [2.75, 3.05) is 0 Å². The van der Waals surface area contributed by atoms with E-state index in [1.807, 2.05) is 0 Å². The molecule has 9 heavy (non-hydrogen) atoms. The second-order valence-electron chi connectivity index (χ2n) is 3.15. The second-order valence-corrected chi connectivity index (χ2v) is 13.4. The van der Waals surface area contributed by atoms with Gasteiger partial charge in [-0.3, -0.25) is 0 Å². The summed E-state index contributed by atoms with van der Waals surface area (Å²) in [5, 5.41) is 0. The third-order valence-electron chi connectivity index (χ3n) is 1.47. The molecule has 0 heterocycles. The molecule has 0 unspecified atom stereocenters. The van der Waals surface area contributed by atoms with Crippen LogP contribution < -0.4 is 0 Å². The number of rotatable bonds is 3. The van der Waals surface area contributed by atoms with Crippen molar-refractivity contribution in [3.05, 3.63) is 0 Å². The highest BCUT2D eigenvalue weighted by Gasteiger charge is 2.20. The van der Waals surface area contributed by atoms with Gasteiger partial charge in [-0.05, 0) is 0 Å². The van der Waals surface area contributed by atoms with Crippen LogP contribution in [0.1, 0.15) is 0 Å². The van der Waals surface area contributed by atoms with Crippen molar-refractivity contribution in [2.24, 2.45) is 0 Å². The fraction of sp³-hybridized carbons (Fsp3) is 1.00. The molecule has 0 fully saturated rings. The van der Waals surface area contributed by atoms with Crippen LogP contribution in [0.4, 0.5) is 0 Å². The third-order valence-corrected chi connectivity index (χ3v) is 15.9. The van der Waals surface area contributed by atoms with Crippen LogP contribution in [0.5, 0.6) is 0 Å². The van der Waals surface area contributed by atoms with Gasteiger partial charge >= 0.3 is 0 Å². The van der Waals surface area contributed by atoms with Gasteiger partial charge in [0.25, 0.3) is 0 Å². The molecule has 56 valence electrons. The zero-order valence-electron chi connectivity index (χ0n) is 6.74. The summed E-state index contributed by atoms with van der Waals surface area (Å²) >= 11 is 5.89. The predicted molar refractivity (Wildman–Crippen MR) is 54.0 cm³/mol. The average Bonchev–Trinajstić information content (AvgIpc) is 1.65. The molecule has 1 nitrogen and oxygen atoms in total. The molecule has 0 aromatic carbocycles. The molecule has 0 bridgehead atoms. The summed E-state index contributed by atoms with van der Waals surface area (Å²) in [6.45, 7) is 9.45. The lowest BCUT2D eigenvalue weighted by atomic mass is 11.8. The lowest BCUT2D eigenvalue weighted by molar-refractivity contribution is 1.03. The van der Waals surface area contributed by atoms with E-state index in [2.05, 4.69) is 30.1 Å². The highest BCUT2D eigenvalue weighted by atomic mass is 35.6. The monoisotopic (exact) mass is 197 g/mol. The van der Waals surface area contributed by atoms with E-state index in [0.29, 0.717) is 0 Å². The zero-order chi connectivity index (χ0) is 7.49. The van der Waals surface area contributed by atoms with E-state index in [1.165, 1.54) is 0 Å². The Bertz CT molecular complexity index is 78.4. The highest BCUT2D eigenvalue weighted by Crippen LogP contribution is 2.06. The van der Waals surface area contributed by atoms with Crippen molar-refractivity contribution in [2.45, 2.75) is 26.2 Å². The molecule has 0 aliphatic heterocycles. The number of halogens is 1. The van der Waals surface area contributed by atoms with Gasteiger partial charge in [0.05, 0.1) is 9.68 Å². The molecule has 0 aliphatic carbocycles. The molecule has 0 saturated carbocycles. The minimum absolute atomic E-state index is 0.0486. The maximum absolute atomic E-state index is 5.89. The molecule has 0 amide bonds. The molecule has 0 aromatic heterocycles. The van der Waals surface area contributed by atoms with Crippen LogP contribution in [0.3, 0.4) is 0 Å². The summed E-state index contributed by atoms with van der Waals surface area (Å²) in [7, 11) is -1.26.